The summed E-state index contributed by atoms with van der Waals surface area (Å²) in [6.07, 6.45) is 2.92. The minimum Gasteiger partial charge on any atom is -0.490 e. The predicted molar refractivity (Wildman–Crippen MR) is 61.6 cm³/mol. The molecule has 0 radical (unpaired) electrons. The van der Waals surface area contributed by atoms with Crippen molar-refractivity contribution in [1.82, 2.24) is 9.78 Å². The van der Waals surface area contributed by atoms with Crippen LogP contribution >= 0.6 is 0 Å². The maximum absolute atomic E-state index is 11.9. The number of nitro groups is 1. The molecule has 0 spiro atoms. The van der Waals surface area contributed by atoms with Gasteiger partial charge in [-0.1, -0.05) is 0 Å². The van der Waals surface area contributed by atoms with Gasteiger partial charge < -0.3 is 4.74 Å². The van der Waals surface area contributed by atoms with Gasteiger partial charge >= 0.3 is 5.69 Å². The van der Waals surface area contributed by atoms with Crippen LogP contribution in [0.1, 0.15) is 10.4 Å². The molecule has 1 aromatic heterocycles. The lowest BCUT2D eigenvalue weighted by Crippen LogP contribution is -2.12. The molecule has 2 aromatic rings. The van der Waals surface area contributed by atoms with Crippen LogP contribution < -0.4 is 4.74 Å². The van der Waals surface area contributed by atoms with Crippen molar-refractivity contribution in [3.05, 3.63) is 52.3 Å². The molecule has 18 heavy (non-hydrogen) atoms. The number of ether oxygens (including phenoxy) is 1. The predicted octanol–water partition coefficient (Wildman–Crippen LogP) is 1.49. The molecule has 0 amide bonds. The largest absolute Gasteiger partial charge is 0.490 e. The number of carbonyl (C=O) groups is 1. The summed E-state index contributed by atoms with van der Waals surface area (Å²) in [7, 11) is 1.33. The van der Waals surface area contributed by atoms with E-state index in [-0.39, 0.29) is 17.0 Å². The summed E-state index contributed by atoms with van der Waals surface area (Å²) in [6, 6.07) is 5.60. The van der Waals surface area contributed by atoms with E-state index >= 15 is 0 Å². The number of hydrogen-bond donors (Lipinski definition) is 0. The van der Waals surface area contributed by atoms with Crippen LogP contribution in [0.3, 0.4) is 0 Å². The van der Waals surface area contributed by atoms with Crippen molar-refractivity contribution in [3.63, 3.8) is 0 Å². The average molecular weight is 247 g/mol. The van der Waals surface area contributed by atoms with Crippen LogP contribution in [0, 0.1) is 10.1 Å². The lowest BCUT2D eigenvalue weighted by molar-refractivity contribution is -0.385. The van der Waals surface area contributed by atoms with Crippen LogP contribution in [0.5, 0.6) is 5.75 Å². The Balaban J connectivity index is 2.44. The Labute approximate surface area is 102 Å². The smallest absolute Gasteiger partial charge is 0.311 e. The molecule has 0 N–H and O–H groups in total. The van der Waals surface area contributed by atoms with Crippen molar-refractivity contribution in [2.45, 2.75) is 0 Å². The standard InChI is InChI=1S/C11H9N3O4/c1-18-10-4-3-8(7-9(10)14(16)17)11(15)13-6-2-5-12-13/h2-7H,1H3. The summed E-state index contributed by atoms with van der Waals surface area (Å²) in [5, 5.41) is 14.6. The van der Waals surface area contributed by atoms with Crippen LogP contribution in [-0.2, 0) is 0 Å². The van der Waals surface area contributed by atoms with Gasteiger partial charge in [0.05, 0.1) is 12.0 Å². The summed E-state index contributed by atoms with van der Waals surface area (Å²) in [5.41, 5.74) is -0.0818. The van der Waals surface area contributed by atoms with E-state index in [4.69, 9.17) is 4.74 Å². The molecule has 0 aliphatic heterocycles. The number of aromatic nitrogens is 2. The fourth-order valence-electron chi connectivity index (χ4n) is 1.49. The molecule has 0 atom stereocenters. The van der Waals surface area contributed by atoms with Crippen molar-refractivity contribution in [2.24, 2.45) is 0 Å². The van der Waals surface area contributed by atoms with Crippen LogP contribution in [0.15, 0.2) is 36.7 Å². The first kappa shape index (κ1) is 11.8. The van der Waals surface area contributed by atoms with E-state index in [0.717, 1.165) is 4.68 Å². The summed E-state index contributed by atoms with van der Waals surface area (Å²) in [5.74, 6) is -0.331. The van der Waals surface area contributed by atoms with Gasteiger partial charge in [-0.15, -0.1) is 0 Å². The summed E-state index contributed by atoms with van der Waals surface area (Å²) in [6.45, 7) is 0. The maximum Gasteiger partial charge on any atom is 0.311 e. The van der Waals surface area contributed by atoms with Crippen LogP contribution in [0.2, 0.25) is 0 Å². The molecule has 92 valence electrons. The molecule has 0 saturated heterocycles. The second-order valence-corrected chi connectivity index (χ2v) is 3.40. The number of nitrogens with zero attached hydrogens (tertiary/aromatic N) is 3. The van der Waals surface area contributed by atoms with E-state index in [0.29, 0.717) is 0 Å². The van der Waals surface area contributed by atoms with Gasteiger partial charge in [-0.25, -0.2) is 4.68 Å². The molecular formula is C11H9N3O4. The highest BCUT2D eigenvalue weighted by Gasteiger charge is 2.18. The quantitative estimate of drug-likeness (QED) is 0.605. The van der Waals surface area contributed by atoms with Crippen molar-refractivity contribution in [3.8, 4) is 5.75 Å². The van der Waals surface area contributed by atoms with Gasteiger partial charge in [-0.05, 0) is 18.2 Å². The second-order valence-electron chi connectivity index (χ2n) is 3.40. The third-order valence-corrected chi connectivity index (χ3v) is 2.33. The number of nitro benzene ring substituents is 1. The average Bonchev–Trinajstić information content (AvgIpc) is 2.90. The number of benzene rings is 1. The van der Waals surface area contributed by atoms with Gasteiger partial charge in [0, 0.05) is 24.0 Å². The highest BCUT2D eigenvalue weighted by atomic mass is 16.6. The number of rotatable bonds is 3. The van der Waals surface area contributed by atoms with E-state index < -0.39 is 10.8 Å². The molecule has 0 fully saturated rings. The first-order chi connectivity index (χ1) is 8.63. The molecule has 0 aliphatic rings. The maximum atomic E-state index is 11.9. The lowest BCUT2D eigenvalue weighted by Gasteiger charge is -2.04. The Kier molecular flexibility index (Phi) is 3.05. The summed E-state index contributed by atoms with van der Waals surface area (Å²) >= 11 is 0. The minimum atomic E-state index is -0.599. The fourth-order valence-corrected chi connectivity index (χ4v) is 1.49. The van der Waals surface area contributed by atoms with E-state index in [1.165, 1.54) is 37.7 Å². The fraction of sp³-hybridized carbons (Fsp3) is 0.0909. The highest BCUT2D eigenvalue weighted by molar-refractivity contribution is 5.96. The third-order valence-electron chi connectivity index (χ3n) is 2.33. The normalized spacial score (nSPS) is 10.1. The molecule has 1 heterocycles. The van der Waals surface area contributed by atoms with Crippen LogP contribution in [-0.4, -0.2) is 27.7 Å². The SMILES string of the molecule is COc1ccc(C(=O)n2cccn2)cc1[N+](=O)[O-]. The number of carbonyl (C=O) groups excluding carboxylic acids is 1. The van der Waals surface area contributed by atoms with Crippen molar-refractivity contribution >= 4 is 11.6 Å². The van der Waals surface area contributed by atoms with Crippen LogP contribution in [0.25, 0.3) is 0 Å². The second kappa shape index (κ2) is 4.66. The zero-order chi connectivity index (χ0) is 13.1. The molecule has 0 bridgehead atoms. The molecule has 2 rings (SSSR count). The molecule has 7 nitrogen and oxygen atoms in total. The van der Waals surface area contributed by atoms with Gasteiger partial charge in [0.25, 0.3) is 5.91 Å². The van der Waals surface area contributed by atoms with Gasteiger partial charge in [-0.3, -0.25) is 14.9 Å². The third kappa shape index (κ3) is 2.05. The van der Waals surface area contributed by atoms with Gasteiger partial charge in [0.15, 0.2) is 5.75 Å². The van der Waals surface area contributed by atoms with Gasteiger partial charge in [-0.2, -0.15) is 5.10 Å². The zero-order valence-corrected chi connectivity index (χ0v) is 9.44. The first-order valence-electron chi connectivity index (χ1n) is 5.00. The minimum absolute atomic E-state index is 0.108. The van der Waals surface area contributed by atoms with E-state index in [2.05, 4.69) is 5.10 Å². The van der Waals surface area contributed by atoms with Gasteiger partial charge in [0.2, 0.25) is 0 Å². The van der Waals surface area contributed by atoms with Gasteiger partial charge in [0.1, 0.15) is 0 Å². The Morgan fingerprint density at radius 2 is 2.28 bits per heavy atom. The van der Waals surface area contributed by atoms with E-state index in [1.54, 1.807) is 6.07 Å². The van der Waals surface area contributed by atoms with Crippen molar-refractivity contribution in [2.75, 3.05) is 7.11 Å². The molecule has 1 aromatic carbocycles. The Morgan fingerprint density at radius 3 is 2.83 bits per heavy atom. The lowest BCUT2D eigenvalue weighted by atomic mass is 10.2. The Bertz CT molecular complexity index is 592. The molecule has 0 unspecified atom stereocenters. The Morgan fingerprint density at radius 1 is 1.50 bits per heavy atom. The monoisotopic (exact) mass is 247 g/mol. The zero-order valence-electron chi connectivity index (χ0n) is 9.44. The number of hydrogen-bond acceptors (Lipinski definition) is 5. The molecular weight excluding hydrogens is 238 g/mol. The number of methoxy groups -OCH3 is 1. The molecule has 0 aliphatic carbocycles. The summed E-state index contributed by atoms with van der Waals surface area (Å²) in [4.78, 5) is 22.2. The highest BCUT2D eigenvalue weighted by Crippen LogP contribution is 2.27. The van der Waals surface area contributed by atoms with E-state index in [1.807, 2.05) is 0 Å². The molecule has 7 heteroatoms. The van der Waals surface area contributed by atoms with E-state index in [9.17, 15) is 14.9 Å². The van der Waals surface area contributed by atoms with Crippen LogP contribution in [0.4, 0.5) is 5.69 Å². The molecule has 0 saturated carbocycles. The first-order valence-corrected chi connectivity index (χ1v) is 5.00. The topological polar surface area (TPSA) is 87.3 Å². The Hall–Kier alpha value is -2.70. The van der Waals surface area contributed by atoms with Crippen molar-refractivity contribution in [1.29, 1.82) is 0 Å². The summed E-state index contributed by atoms with van der Waals surface area (Å²) < 4.78 is 5.96. The van der Waals surface area contributed by atoms with Crippen molar-refractivity contribution < 1.29 is 14.5 Å².